The third kappa shape index (κ3) is 4.19. The van der Waals surface area contributed by atoms with E-state index in [4.69, 9.17) is 4.74 Å². The molecule has 0 atom stereocenters. The number of aryl methyl sites for hydroxylation is 1. The molecule has 114 valence electrons. The number of hydrogen-bond acceptors (Lipinski definition) is 4. The van der Waals surface area contributed by atoms with E-state index in [1.807, 2.05) is 30.3 Å². The molecule has 22 heavy (non-hydrogen) atoms. The molecule has 2 rings (SSSR count). The van der Waals surface area contributed by atoms with Crippen LogP contribution in [0.25, 0.3) is 0 Å². The van der Waals surface area contributed by atoms with Crippen LogP contribution in [0.1, 0.15) is 32.7 Å². The molecule has 0 spiro atoms. The van der Waals surface area contributed by atoms with Crippen LogP contribution < -0.4 is 0 Å². The summed E-state index contributed by atoms with van der Waals surface area (Å²) in [4.78, 5) is 23.7. The van der Waals surface area contributed by atoms with E-state index in [-0.39, 0.29) is 11.1 Å². The first-order valence-electron chi connectivity index (χ1n) is 7.11. The SMILES string of the molecule is COC(=O)c1ccccc1C(=O)OCCCc1ccccc1. The lowest BCUT2D eigenvalue weighted by Crippen LogP contribution is -2.13. The van der Waals surface area contributed by atoms with Gasteiger partial charge in [-0.25, -0.2) is 9.59 Å². The minimum absolute atomic E-state index is 0.220. The van der Waals surface area contributed by atoms with Crippen molar-refractivity contribution in [1.82, 2.24) is 0 Å². The minimum Gasteiger partial charge on any atom is -0.465 e. The van der Waals surface area contributed by atoms with Gasteiger partial charge in [0.25, 0.3) is 0 Å². The minimum atomic E-state index is -0.545. The fourth-order valence-electron chi connectivity index (χ4n) is 2.11. The number of hydrogen-bond donors (Lipinski definition) is 0. The van der Waals surface area contributed by atoms with Gasteiger partial charge >= 0.3 is 11.9 Å². The van der Waals surface area contributed by atoms with Crippen molar-refractivity contribution in [3.05, 3.63) is 71.3 Å². The molecule has 0 aliphatic carbocycles. The highest BCUT2D eigenvalue weighted by molar-refractivity contribution is 6.03. The lowest BCUT2D eigenvalue weighted by Gasteiger charge is -2.08. The van der Waals surface area contributed by atoms with Crippen LogP contribution >= 0.6 is 0 Å². The van der Waals surface area contributed by atoms with Gasteiger partial charge in [-0.2, -0.15) is 0 Å². The normalized spacial score (nSPS) is 10.0. The lowest BCUT2D eigenvalue weighted by molar-refractivity contribution is 0.0482. The number of esters is 2. The van der Waals surface area contributed by atoms with E-state index >= 15 is 0 Å². The smallest absolute Gasteiger partial charge is 0.339 e. The number of methoxy groups -OCH3 is 1. The molecule has 0 bridgehead atoms. The first-order chi connectivity index (χ1) is 10.7. The number of rotatable bonds is 6. The van der Waals surface area contributed by atoms with Crippen molar-refractivity contribution in [2.75, 3.05) is 13.7 Å². The van der Waals surface area contributed by atoms with Crippen LogP contribution in [0.4, 0.5) is 0 Å². The second kappa shape index (κ2) is 7.98. The first-order valence-corrected chi connectivity index (χ1v) is 7.11. The Bertz CT molecular complexity index is 635. The van der Waals surface area contributed by atoms with E-state index in [0.29, 0.717) is 6.61 Å². The second-order valence-electron chi connectivity index (χ2n) is 4.76. The Kier molecular flexibility index (Phi) is 5.72. The highest BCUT2D eigenvalue weighted by atomic mass is 16.5. The van der Waals surface area contributed by atoms with Gasteiger partial charge in [-0.1, -0.05) is 42.5 Å². The second-order valence-corrected chi connectivity index (χ2v) is 4.76. The van der Waals surface area contributed by atoms with Gasteiger partial charge in [0.1, 0.15) is 0 Å². The molecule has 0 amide bonds. The number of benzene rings is 2. The molecule has 0 aliphatic rings. The zero-order valence-corrected chi connectivity index (χ0v) is 12.5. The lowest BCUT2D eigenvalue weighted by atomic mass is 10.1. The van der Waals surface area contributed by atoms with Crippen LogP contribution in [-0.4, -0.2) is 25.7 Å². The monoisotopic (exact) mass is 298 g/mol. The molecule has 2 aromatic carbocycles. The summed E-state index contributed by atoms with van der Waals surface area (Å²) in [7, 11) is 1.28. The molecule has 2 aromatic rings. The van der Waals surface area contributed by atoms with E-state index in [1.54, 1.807) is 24.3 Å². The predicted octanol–water partition coefficient (Wildman–Crippen LogP) is 3.26. The summed E-state index contributed by atoms with van der Waals surface area (Å²) in [6.07, 6.45) is 1.57. The molecule has 4 heteroatoms. The summed E-state index contributed by atoms with van der Waals surface area (Å²) < 4.78 is 9.90. The van der Waals surface area contributed by atoms with Crippen LogP contribution in [0.5, 0.6) is 0 Å². The fraction of sp³-hybridized carbons (Fsp3) is 0.222. The Labute approximate surface area is 129 Å². The van der Waals surface area contributed by atoms with Crippen molar-refractivity contribution in [3.8, 4) is 0 Å². The van der Waals surface area contributed by atoms with Crippen LogP contribution in [0, 0.1) is 0 Å². The fourth-order valence-corrected chi connectivity index (χ4v) is 2.11. The van der Waals surface area contributed by atoms with Gasteiger partial charge in [-0.3, -0.25) is 0 Å². The summed E-state index contributed by atoms with van der Waals surface area (Å²) >= 11 is 0. The number of ether oxygens (including phenoxy) is 2. The summed E-state index contributed by atoms with van der Waals surface area (Å²) in [6, 6.07) is 16.5. The largest absolute Gasteiger partial charge is 0.465 e. The van der Waals surface area contributed by atoms with Crippen molar-refractivity contribution in [1.29, 1.82) is 0 Å². The zero-order valence-electron chi connectivity index (χ0n) is 12.5. The van der Waals surface area contributed by atoms with Gasteiger partial charge in [0.15, 0.2) is 0 Å². The molecule has 0 fully saturated rings. The van der Waals surface area contributed by atoms with Crippen molar-refractivity contribution in [3.63, 3.8) is 0 Å². The zero-order chi connectivity index (χ0) is 15.8. The Morgan fingerprint density at radius 3 is 2.09 bits per heavy atom. The summed E-state index contributed by atoms with van der Waals surface area (Å²) in [6.45, 7) is 0.309. The van der Waals surface area contributed by atoms with Crippen LogP contribution in [0.15, 0.2) is 54.6 Å². The van der Waals surface area contributed by atoms with Crippen LogP contribution in [0.3, 0.4) is 0 Å². The maximum atomic E-state index is 12.1. The highest BCUT2D eigenvalue weighted by Gasteiger charge is 2.17. The van der Waals surface area contributed by atoms with Gasteiger partial charge in [0, 0.05) is 0 Å². The van der Waals surface area contributed by atoms with Crippen molar-refractivity contribution in [2.24, 2.45) is 0 Å². The molecular weight excluding hydrogens is 280 g/mol. The Morgan fingerprint density at radius 2 is 1.45 bits per heavy atom. The molecule has 0 saturated carbocycles. The van der Waals surface area contributed by atoms with E-state index in [2.05, 4.69) is 4.74 Å². The Balaban J connectivity index is 1.89. The maximum Gasteiger partial charge on any atom is 0.339 e. The number of carbonyl (C=O) groups is 2. The summed E-state index contributed by atoms with van der Waals surface area (Å²) in [5.41, 5.74) is 1.65. The third-order valence-corrected chi connectivity index (χ3v) is 3.24. The molecule has 0 N–H and O–H groups in total. The van der Waals surface area contributed by atoms with Gasteiger partial charge in [0.2, 0.25) is 0 Å². The van der Waals surface area contributed by atoms with Gasteiger partial charge < -0.3 is 9.47 Å². The van der Waals surface area contributed by atoms with Gasteiger partial charge in [-0.05, 0) is 30.5 Å². The molecule has 0 radical (unpaired) electrons. The summed E-state index contributed by atoms with van der Waals surface area (Å²) in [5, 5.41) is 0. The molecule has 0 heterocycles. The summed E-state index contributed by atoms with van der Waals surface area (Å²) in [5.74, 6) is -1.05. The topological polar surface area (TPSA) is 52.6 Å². The van der Waals surface area contributed by atoms with E-state index < -0.39 is 11.9 Å². The van der Waals surface area contributed by atoms with Crippen LogP contribution in [0.2, 0.25) is 0 Å². The van der Waals surface area contributed by atoms with Gasteiger partial charge in [0.05, 0.1) is 24.8 Å². The Morgan fingerprint density at radius 1 is 0.864 bits per heavy atom. The molecule has 0 aromatic heterocycles. The molecule has 0 aliphatic heterocycles. The quantitative estimate of drug-likeness (QED) is 0.607. The maximum absolute atomic E-state index is 12.1. The third-order valence-electron chi connectivity index (χ3n) is 3.24. The molecule has 0 saturated heterocycles. The highest BCUT2D eigenvalue weighted by Crippen LogP contribution is 2.12. The van der Waals surface area contributed by atoms with E-state index in [9.17, 15) is 9.59 Å². The van der Waals surface area contributed by atoms with Crippen molar-refractivity contribution < 1.29 is 19.1 Å². The molecule has 0 unspecified atom stereocenters. The predicted molar refractivity (Wildman–Crippen MR) is 82.8 cm³/mol. The van der Waals surface area contributed by atoms with Crippen molar-refractivity contribution >= 4 is 11.9 Å². The number of carbonyl (C=O) groups excluding carboxylic acids is 2. The molecule has 4 nitrogen and oxygen atoms in total. The van der Waals surface area contributed by atoms with Gasteiger partial charge in [-0.15, -0.1) is 0 Å². The van der Waals surface area contributed by atoms with E-state index in [1.165, 1.54) is 12.7 Å². The standard InChI is InChI=1S/C18H18O4/c1-21-17(19)15-11-5-6-12-16(15)18(20)22-13-7-10-14-8-3-2-4-9-14/h2-6,8-9,11-12H,7,10,13H2,1H3. The average Bonchev–Trinajstić information content (AvgIpc) is 2.58. The molecular formula is C18H18O4. The van der Waals surface area contributed by atoms with Crippen molar-refractivity contribution in [2.45, 2.75) is 12.8 Å². The van der Waals surface area contributed by atoms with E-state index in [0.717, 1.165) is 12.8 Å². The average molecular weight is 298 g/mol. The Hall–Kier alpha value is -2.62. The van der Waals surface area contributed by atoms with Crippen LogP contribution in [-0.2, 0) is 15.9 Å². The first kappa shape index (κ1) is 15.8.